The van der Waals surface area contributed by atoms with Gasteiger partial charge in [-0.3, -0.25) is 4.79 Å². The number of hydrogen-bond donors (Lipinski definition) is 1. The SMILES string of the molecule is O=C(NCc1ccc(S(=O)(=O)N2CCCCC2)s1)c1cc(F)ccc1Br. The van der Waals surface area contributed by atoms with Crippen LogP contribution in [0.2, 0.25) is 0 Å². The van der Waals surface area contributed by atoms with Crippen LogP contribution < -0.4 is 5.32 Å². The lowest BCUT2D eigenvalue weighted by atomic mass is 10.2. The van der Waals surface area contributed by atoms with E-state index in [1.165, 1.54) is 16.4 Å². The molecule has 1 amide bonds. The summed E-state index contributed by atoms with van der Waals surface area (Å²) in [5.74, 6) is -0.922. The van der Waals surface area contributed by atoms with E-state index >= 15 is 0 Å². The predicted molar refractivity (Wildman–Crippen MR) is 102 cm³/mol. The molecule has 1 N–H and O–H groups in total. The summed E-state index contributed by atoms with van der Waals surface area (Å²) in [6.07, 6.45) is 2.83. The summed E-state index contributed by atoms with van der Waals surface area (Å²) in [5.41, 5.74) is 0.197. The third-order valence-corrected chi connectivity index (χ3v) is 8.29. The molecule has 1 aliphatic heterocycles. The molecule has 9 heteroatoms. The second-order valence-electron chi connectivity index (χ2n) is 5.99. The Morgan fingerprint density at radius 1 is 1.19 bits per heavy atom. The quantitative estimate of drug-likeness (QED) is 0.738. The van der Waals surface area contributed by atoms with E-state index in [9.17, 15) is 17.6 Å². The van der Waals surface area contributed by atoms with Crippen molar-refractivity contribution in [3.8, 4) is 0 Å². The number of benzene rings is 1. The topological polar surface area (TPSA) is 66.5 Å². The fourth-order valence-electron chi connectivity index (χ4n) is 2.76. The molecule has 0 bridgehead atoms. The van der Waals surface area contributed by atoms with Crippen LogP contribution in [-0.2, 0) is 16.6 Å². The first kappa shape index (κ1) is 19.5. The molecule has 2 aromatic rings. The zero-order valence-corrected chi connectivity index (χ0v) is 17.1. The van der Waals surface area contributed by atoms with E-state index in [0.29, 0.717) is 17.6 Å². The Labute approximate surface area is 164 Å². The predicted octanol–water partition coefficient (Wildman–Crippen LogP) is 3.75. The van der Waals surface area contributed by atoms with Crippen molar-refractivity contribution in [3.63, 3.8) is 0 Å². The number of piperidine rings is 1. The Bertz CT molecular complexity index is 908. The Morgan fingerprint density at radius 2 is 1.92 bits per heavy atom. The van der Waals surface area contributed by atoms with Crippen molar-refractivity contribution < 1.29 is 17.6 Å². The van der Waals surface area contributed by atoms with Crippen molar-refractivity contribution in [2.45, 2.75) is 30.0 Å². The van der Waals surface area contributed by atoms with Gasteiger partial charge in [0.25, 0.3) is 15.9 Å². The molecule has 3 rings (SSSR count). The molecule has 1 aliphatic rings. The van der Waals surface area contributed by atoms with Crippen molar-refractivity contribution in [2.24, 2.45) is 0 Å². The average Bonchev–Trinajstić information content (AvgIpc) is 3.12. The first-order chi connectivity index (χ1) is 12.4. The summed E-state index contributed by atoms with van der Waals surface area (Å²) in [7, 11) is -3.46. The van der Waals surface area contributed by atoms with Crippen molar-refractivity contribution in [1.29, 1.82) is 0 Å². The number of carbonyl (C=O) groups is 1. The first-order valence-electron chi connectivity index (χ1n) is 8.20. The zero-order chi connectivity index (χ0) is 18.7. The monoisotopic (exact) mass is 460 g/mol. The van der Waals surface area contributed by atoms with Gasteiger partial charge in [0.15, 0.2) is 0 Å². The highest BCUT2D eigenvalue weighted by Gasteiger charge is 2.27. The molecular weight excluding hydrogens is 443 g/mol. The van der Waals surface area contributed by atoms with Gasteiger partial charge in [-0.2, -0.15) is 4.31 Å². The second-order valence-corrected chi connectivity index (χ2v) is 10.2. The summed E-state index contributed by atoms with van der Waals surface area (Å²) >= 11 is 4.37. The van der Waals surface area contributed by atoms with Gasteiger partial charge in [-0.05, 0) is 59.1 Å². The highest BCUT2D eigenvalue weighted by Crippen LogP contribution is 2.27. The van der Waals surface area contributed by atoms with Gasteiger partial charge in [0.2, 0.25) is 0 Å². The third-order valence-electron chi connectivity index (χ3n) is 4.14. The fraction of sp³-hybridized carbons (Fsp3) is 0.353. The molecule has 0 atom stereocenters. The molecule has 1 saturated heterocycles. The summed E-state index contributed by atoms with van der Waals surface area (Å²) < 4.78 is 40.9. The van der Waals surface area contributed by atoms with Crippen LogP contribution in [0, 0.1) is 5.82 Å². The fourth-order valence-corrected chi connectivity index (χ4v) is 6.15. The lowest BCUT2D eigenvalue weighted by Crippen LogP contribution is -2.35. The van der Waals surface area contributed by atoms with E-state index in [1.54, 1.807) is 12.1 Å². The minimum absolute atomic E-state index is 0.183. The van der Waals surface area contributed by atoms with Gasteiger partial charge >= 0.3 is 0 Å². The zero-order valence-electron chi connectivity index (χ0n) is 13.9. The van der Waals surface area contributed by atoms with Crippen molar-refractivity contribution in [1.82, 2.24) is 9.62 Å². The molecule has 0 aliphatic carbocycles. The van der Waals surface area contributed by atoms with Crippen molar-refractivity contribution >= 4 is 43.2 Å². The van der Waals surface area contributed by atoms with Crippen LogP contribution in [0.25, 0.3) is 0 Å². The van der Waals surface area contributed by atoms with E-state index in [-0.39, 0.29) is 16.3 Å². The molecule has 1 aromatic heterocycles. The standard InChI is InChI=1S/C17H18BrFN2O3S2/c18-15-6-4-12(19)10-14(15)17(22)20-11-13-5-7-16(25-13)26(23,24)21-8-2-1-3-9-21/h4-7,10H,1-3,8-9,11H2,(H,20,22). The summed E-state index contributed by atoms with van der Waals surface area (Å²) in [5, 5.41) is 2.69. The van der Waals surface area contributed by atoms with Gasteiger partial charge in [0.1, 0.15) is 10.0 Å². The molecule has 1 fully saturated rings. The van der Waals surface area contributed by atoms with Gasteiger partial charge in [0, 0.05) is 22.4 Å². The van der Waals surface area contributed by atoms with Crippen LogP contribution in [0.3, 0.4) is 0 Å². The van der Waals surface area contributed by atoms with Gasteiger partial charge in [-0.1, -0.05) is 6.42 Å². The Kier molecular flexibility index (Phi) is 6.11. The number of carbonyl (C=O) groups excluding carboxylic acids is 1. The third kappa shape index (κ3) is 4.33. The van der Waals surface area contributed by atoms with Crippen molar-refractivity contribution in [2.75, 3.05) is 13.1 Å². The largest absolute Gasteiger partial charge is 0.347 e. The minimum atomic E-state index is -3.46. The summed E-state index contributed by atoms with van der Waals surface area (Å²) in [6, 6.07) is 7.16. The smallest absolute Gasteiger partial charge is 0.252 e. The number of halogens is 2. The average molecular weight is 461 g/mol. The van der Waals surface area contributed by atoms with Crippen LogP contribution in [0.5, 0.6) is 0 Å². The lowest BCUT2D eigenvalue weighted by Gasteiger charge is -2.25. The van der Waals surface area contributed by atoms with Gasteiger partial charge < -0.3 is 5.32 Å². The highest BCUT2D eigenvalue weighted by atomic mass is 79.9. The van der Waals surface area contributed by atoms with Gasteiger partial charge in [-0.25, -0.2) is 12.8 Å². The van der Waals surface area contributed by atoms with Crippen molar-refractivity contribution in [3.05, 3.63) is 51.1 Å². The maximum Gasteiger partial charge on any atom is 0.252 e. The van der Waals surface area contributed by atoms with E-state index in [0.717, 1.165) is 41.5 Å². The molecule has 140 valence electrons. The number of rotatable bonds is 5. The molecule has 0 saturated carbocycles. The molecule has 5 nitrogen and oxygen atoms in total. The Morgan fingerprint density at radius 3 is 2.65 bits per heavy atom. The molecule has 26 heavy (non-hydrogen) atoms. The number of thiophene rings is 1. The van der Waals surface area contributed by atoms with E-state index in [1.807, 2.05) is 0 Å². The molecule has 0 unspecified atom stereocenters. The van der Waals surface area contributed by atoms with Crippen LogP contribution in [0.4, 0.5) is 4.39 Å². The Hall–Kier alpha value is -1.29. The molecule has 1 aromatic carbocycles. The van der Waals surface area contributed by atoms with Gasteiger partial charge in [0.05, 0.1) is 12.1 Å². The van der Waals surface area contributed by atoms with Crippen LogP contribution >= 0.6 is 27.3 Å². The number of amides is 1. The van der Waals surface area contributed by atoms with Gasteiger partial charge in [-0.15, -0.1) is 11.3 Å². The number of nitrogens with one attached hydrogen (secondary N) is 1. The number of hydrogen-bond acceptors (Lipinski definition) is 4. The minimum Gasteiger partial charge on any atom is -0.347 e. The lowest BCUT2D eigenvalue weighted by molar-refractivity contribution is 0.0950. The number of nitrogens with zero attached hydrogens (tertiary/aromatic N) is 1. The van der Waals surface area contributed by atoms with E-state index < -0.39 is 21.7 Å². The molecule has 0 radical (unpaired) electrons. The van der Waals surface area contributed by atoms with Crippen LogP contribution in [-0.4, -0.2) is 31.7 Å². The van der Waals surface area contributed by atoms with E-state index in [4.69, 9.17) is 0 Å². The van der Waals surface area contributed by atoms with E-state index in [2.05, 4.69) is 21.2 Å². The maximum atomic E-state index is 13.3. The molecule has 0 spiro atoms. The van der Waals surface area contributed by atoms with Crippen LogP contribution in [0.15, 0.2) is 39.0 Å². The Balaban J connectivity index is 1.67. The second kappa shape index (κ2) is 8.16. The summed E-state index contributed by atoms with van der Waals surface area (Å²) in [4.78, 5) is 12.9. The molecular formula is C17H18BrFN2O3S2. The normalized spacial score (nSPS) is 15.8. The number of sulfonamides is 1. The summed E-state index contributed by atoms with van der Waals surface area (Å²) in [6.45, 7) is 1.29. The first-order valence-corrected chi connectivity index (χ1v) is 11.2. The molecule has 2 heterocycles. The highest BCUT2D eigenvalue weighted by molar-refractivity contribution is 9.10. The maximum absolute atomic E-state index is 13.3. The van der Waals surface area contributed by atoms with Crippen LogP contribution in [0.1, 0.15) is 34.5 Å².